The average Bonchev–Trinajstić information content (AvgIpc) is 2.56. The largest absolute Gasteiger partial charge is 0.465 e. The van der Waals surface area contributed by atoms with Crippen molar-refractivity contribution in [2.75, 3.05) is 7.11 Å². The minimum Gasteiger partial charge on any atom is -0.465 e. The van der Waals surface area contributed by atoms with Crippen LogP contribution >= 0.6 is 0 Å². The first-order valence-corrected chi connectivity index (χ1v) is 7.05. The highest BCUT2D eigenvalue weighted by atomic mass is 16.6. The minimum absolute atomic E-state index is 0.483. The van der Waals surface area contributed by atoms with E-state index in [0.717, 1.165) is 11.1 Å². The second-order valence-electron chi connectivity index (χ2n) is 4.90. The van der Waals surface area contributed by atoms with Gasteiger partial charge in [0.25, 0.3) is 5.91 Å². The Kier molecular flexibility index (Phi) is 5.71. The maximum absolute atomic E-state index is 12.3. The van der Waals surface area contributed by atoms with E-state index in [0.29, 0.717) is 0 Å². The molecule has 0 aromatic heterocycles. The number of hydroxylamine groups is 1. The molecule has 0 aliphatic rings. The number of amides is 2. The Hall–Kier alpha value is -2.86. The summed E-state index contributed by atoms with van der Waals surface area (Å²) in [6.45, 7) is 0. The van der Waals surface area contributed by atoms with Crippen LogP contribution in [0.3, 0.4) is 0 Å². The van der Waals surface area contributed by atoms with E-state index < -0.39 is 24.0 Å². The summed E-state index contributed by atoms with van der Waals surface area (Å²) in [5, 5.41) is 11.4. The van der Waals surface area contributed by atoms with E-state index >= 15 is 0 Å². The van der Waals surface area contributed by atoms with Crippen molar-refractivity contribution in [3.05, 3.63) is 71.8 Å². The van der Waals surface area contributed by atoms with Crippen LogP contribution in [-0.2, 0) is 9.63 Å². The van der Waals surface area contributed by atoms with Gasteiger partial charge in [-0.05, 0) is 11.1 Å². The molecular weight excluding hydrogens is 296 g/mol. The summed E-state index contributed by atoms with van der Waals surface area (Å²) in [5.74, 6) is -1.05. The van der Waals surface area contributed by atoms with Gasteiger partial charge in [0.2, 0.25) is 0 Å². The Labute approximate surface area is 134 Å². The molecule has 0 spiro atoms. The summed E-state index contributed by atoms with van der Waals surface area (Å²) in [5.41, 5.74) is 3.85. The van der Waals surface area contributed by atoms with Crippen molar-refractivity contribution in [2.24, 2.45) is 0 Å². The Morgan fingerprint density at radius 3 is 1.83 bits per heavy atom. The zero-order valence-corrected chi connectivity index (χ0v) is 12.6. The molecular formula is C17H18N2O4. The molecule has 3 N–H and O–H groups in total. The molecule has 120 valence electrons. The lowest BCUT2D eigenvalue weighted by atomic mass is 9.84. The maximum Gasteiger partial charge on any atom is 0.405 e. The summed E-state index contributed by atoms with van der Waals surface area (Å²) >= 11 is 0. The number of carbonyl (C=O) groups is 2. The van der Waals surface area contributed by atoms with E-state index in [1.807, 2.05) is 60.7 Å². The van der Waals surface area contributed by atoms with Crippen molar-refractivity contribution in [1.82, 2.24) is 10.8 Å². The molecule has 2 rings (SSSR count). The smallest absolute Gasteiger partial charge is 0.405 e. The first-order chi connectivity index (χ1) is 11.1. The van der Waals surface area contributed by atoms with E-state index in [2.05, 4.69) is 15.6 Å². The third kappa shape index (κ3) is 4.31. The molecule has 0 heterocycles. The van der Waals surface area contributed by atoms with Crippen LogP contribution < -0.4 is 10.8 Å². The van der Waals surface area contributed by atoms with Gasteiger partial charge in [0.1, 0.15) is 6.04 Å². The number of benzene rings is 2. The number of nitrogens with one attached hydrogen (secondary N) is 2. The molecule has 0 aliphatic heterocycles. The van der Waals surface area contributed by atoms with E-state index in [9.17, 15) is 9.59 Å². The molecule has 2 amide bonds. The van der Waals surface area contributed by atoms with E-state index in [-0.39, 0.29) is 0 Å². The summed E-state index contributed by atoms with van der Waals surface area (Å²) in [7, 11) is 1.30. The number of carboxylic acid groups (broad SMARTS) is 1. The molecule has 23 heavy (non-hydrogen) atoms. The van der Waals surface area contributed by atoms with E-state index in [1.165, 1.54) is 7.11 Å². The maximum atomic E-state index is 12.3. The monoisotopic (exact) mass is 314 g/mol. The van der Waals surface area contributed by atoms with Crippen molar-refractivity contribution in [2.45, 2.75) is 12.0 Å². The van der Waals surface area contributed by atoms with Crippen LogP contribution in [0.5, 0.6) is 0 Å². The van der Waals surface area contributed by atoms with Gasteiger partial charge in [-0.25, -0.2) is 10.3 Å². The number of rotatable bonds is 6. The fraction of sp³-hybridized carbons (Fsp3) is 0.176. The Morgan fingerprint density at radius 1 is 0.957 bits per heavy atom. The second kappa shape index (κ2) is 7.95. The van der Waals surface area contributed by atoms with Gasteiger partial charge in [0.15, 0.2) is 0 Å². The fourth-order valence-electron chi connectivity index (χ4n) is 2.50. The van der Waals surface area contributed by atoms with Crippen LogP contribution in [0.25, 0.3) is 0 Å². The van der Waals surface area contributed by atoms with Crippen molar-refractivity contribution in [3.8, 4) is 0 Å². The molecule has 0 fully saturated rings. The van der Waals surface area contributed by atoms with Gasteiger partial charge in [-0.2, -0.15) is 0 Å². The lowest BCUT2D eigenvalue weighted by Crippen LogP contribution is -2.49. The molecule has 1 atom stereocenters. The predicted molar refractivity (Wildman–Crippen MR) is 84.8 cm³/mol. The molecule has 2 aromatic carbocycles. The van der Waals surface area contributed by atoms with Crippen LogP contribution in [0.15, 0.2) is 60.7 Å². The first-order valence-electron chi connectivity index (χ1n) is 7.05. The molecule has 6 heteroatoms. The minimum atomic E-state index is -1.28. The number of carbonyl (C=O) groups excluding carboxylic acids is 1. The van der Waals surface area contributed by atoms with Crippen LogP contribution in [0, 0.1) is 0 Å². The zero-order chi connectivity index (χ0) is 16.7. The predicted octanol–water partition coefficient (Wildman–Crippen LogP) is 2.13. The SMILES string of the molecule is CONC(=O)C(NC(=O)O)C(c1ccccc1)c1ccccc1. The number of hydrogen-bond acceptors (Lipinski definition) is 3. The van der Waals surface area contributed by atoms with Crippen molar-refractivity contribution < 1.29 is 19.5 Å². The van der Waals surface area contributed by atoms with Gasteiger partial charge in [0.05, 0.1) is 7.11 Å². The van der Waals surface area contributed by atoms with Crippen LogP contribution in [0.4, 0.5) is 4.79 Å². The lowest BCUT2D eigenvalue weighted by molar-refractivity contribution is -0.133. The van der Waals surface area contributed by atoms with Crippen LogP contribution in [0.1, 0.15) is 17.0 Å². The van der Waals surface area contributed by atoms with Crippen molar-refractivity contribution in [3.63, 3.8) is 0 Å². The molecule has 0 aliphatic carbocycles. The van der Waals surface area contributed by atoms with E-state index in [4.69, 9.17) is 5.11 Å². The molecule has 0 radical (unpaired) electrons. The third-order valence-corrected chi connectivity index (χ3v) is 3.41. The van der Waals surface area contributed by atoms with Gasteiger partial charge in [-0.15, -0.1) is 0 Å². The van der Waals surface area contributed by atoms with Gasteiger partial charge in [-0.1, -0.05) is 60.7 Å². The topological polar surface area (TPSA) is 87.7 Å². The Morgan fingerprint density at radius 2 is 1.43 bits per heavy atom. The molecule has 2 aromatic rings. The fourth-order valence-corrected chi connectivity index (χ4v) is 2.50. The summed E-state index contributed by atoms with van der Waals surface area (Å²) in [6, 6.07) is 17.5. The first kappa shape index (κ1) is 16.5. The zero-order valence-electron chi connectivity index (χ0n) is 12.6. The third-order valence-electron chi connectivity index (χ3n) is 3.41. The molecule has 0 saturated carbocycles. The Bertz CT molecular complexity index is 607. The standard InChI is InChI=1S/C17H18N2O4/c1-23-19-16(20)15(18-17(21)22)14(12-8-4-2-5-9-12)13-10-6-3-7-11-13/h2-11,14-15,18H,1H3,(H,19,20)(H,21,22). The van der Waals surface area contributed by atoms with Gasteiger partial charge in [0, 0.05) is 5.92 Å². The summed E-state index contributed by atoms with van der Waals surface area (Å²) in [4.78, 5) is 28.1. The summed E-state index contributed by atoms with van der Waals surface area (Å²) < 4.78 is 0. The van der Waals surface area contributed by atoms with Gasteiger partial charge >= 0.3 is 6.09 Å². The average molecular weight is 314 g/mol. The highest BCUT2D eigenvalue weighted by molar-refractivity contribution is 5.86. The summed E-state index contributed by atoms with van der Waals surface area (Å²) in [6.07, 6.45) is -1.28. The quantitative estimate of drug-likeness (QED) is 0.713. The molecule has 1 unspecified atom stereocenters. The second-order valence-corrected chi connectivity index (χ2v) is 4.90. The molecule has 6 nitrogen and oxygen atoms in total. The number of hydrogen-bond donors (Lipinski definition) is 3. The highest BCUT2D eigenvalue weighted by Gasteiger charge is 2.32. The van der Waals surface area contributed by atoms with Crippen molar-refractivity contribution in [1.29, 1.82) is 0 Å². The van der Waals surface area contributed by atoms with Crippen molar-refractivity contribution >= 4 is 12.0 Å². The lowest BCUT2D eigenvalue weighted by Gasteiger charge is -2.26. The van der Waals surface area contributed by atoms with Gasteiger partial charge in [-0.3, -0.25) is 9.63 Å². The molecule has 0 bridgehead atoms. The Balaban J connectivity index is 2.48. The van der Waals surface area contributed by atoms with Crippen LogP contribution in [-0.4, -0.2) is 30.3 Å². The van der Waals surface area contributed by atoms with Crippen LogP contribution in [0.2, 0.25) is 0 Å². The van der Waals surface area contributed by atoms with Gasteiger partial charge < -0.3 is 10.4 Å². The molecule has 0 saturated heterocycles. The highest BCUT2D eigenvalue weighted by Crippen LogP contribution is 2.28. The normalized spacial score (nSPS) is 11.7. The van der Waals surface area contributed by atoms with E-state index in [1.54, 1.807) is 0 Å².